The maximum Gasteiger partial charge on any atom is 0.505 e. The Kier molecular flexibility index (Phi) is 9.85. The summed E-state index contributed by atoms with van der Waals surface area (Å²) < 4.78 is 3.67. The fourth-order valence-electron chi connectivity index (χ4n) is 0. The second-order valence-electron chi connectivity index (χ2n) is 0.470. The topological polar surface area (TPSA) is 46.5 Å². The SMILES string of the molecule is COC(=O)O.[K]. The van der Waals surface area contributed by atoms with Crippen LogP contribution in [0.2, 0.25) is 0 Å². The van der Waals surface area contributed by atoms with Gasteiger partial charge in [0, 0.05) is 51.4 Å². The molecule has 0 heterocycles. The molecule has 0 amide bonds. The van der Waals surface area contributed by atoms with E-state index in [-0.39, 0.29) is 51.4 Å². The minimum Gasteiger partial charge on any atom is -0.450 e. The van der Waals surface area contributed by atoms with Crippen LogP contribution in [0.25, 0.3) is 0 Å². The third-order valence-electron chi connectivity index (χ3n) is 0.175. The van der Waals surface area contributed by atoms with Crippen LogP contribution >= 0.6 is 0 Å². The van der Waals surface area contributed by atoms with Crippen LogP contribution in [0.15, 0.2) is 0 Å². The van der Waals surface area contributed by atoms with E-state index < -0.39 is 6.16 Å². The summed E-state index contributed by atoms with van der Waals surface area (Å²) in [6.45, 7) is 0. The van der Waals surface area contributed by atoms with E-state index in [9.17, 15) is 0 Å². The molecule has 0 unspecified atom stereocenters. The Labute approximate surface area is 78.1 Å². The summed E-state index contributed by atoms with van der Waals surface area (Å²) in [5.74, 6) is 0. The normalized spacial score (nSPS) is 5.50. The molecule has 0 saturated heterocycles. The Morgan fingerprint density at radius 2 is 2.00 bits per heavy atom. The van der Waals surface area contributed by atoms with Crippen LogP contribution in [0.1, 0.15) is 0 Å². The van der Waals surface area contributed by atoms with E-state index >= 15 is 0 Å². The summed E-state index contributed by atoms with van der Waals surface area (Å²) in [5, 5.41) is 7.50. The Hall–Kier alpha value is 0.906. The van der Waals surface area contributed by atoms with Gasteiger partial charge < -0.3 is 9.84 Å². The number of hydrogen-bond acceptors (Lipinski definition) is 2. The molecule has 3 nitrogen and oxygen atoms in total. The van der Waals surface area contributed by atoms with E-state index in [1.54, 1.807) is 0 Å². The van der Waals surface area contributed by atoms with Gasteiger partial charge in [-0.1, -0.05) is 0 Å². The number of hydrogen-bond donors (Lipinski definition) is 1. The van der Waals surface area contributed by atoms with Crippen LogP contribution in [0, 0.1) is 0 Å². The summed E-state index contributed by atoms with van der Waals surface area (Å²) in [7, 11) is 1.10. The van der Waals surface area contributed by atoms with Crippen LogP contribution in [0.5, 0.6) is 0 Å². The summed E-state index contributed by atoms with van der Waals surface area (Å²) in [5.41, 5.74) is 0. The van der Waals surface area contributed by atoms with Crippen molar-refractivity contribution < 1.29 is 14.6 Å². The minimum atomic E-state index is -1.25. The molecule has 0 rings (SSSR count). The summed E-state index contributed by atoms with van der Waals surface area (Å²) >= 11 is 0. The van der Waals surface area contributed by atoms with Crippen molar-refractivity contribution in [3.05, 3.63) is 0 Å². The third-order valence-corrected chi connectivity index (χ3v) is 0.175. The van der Waals surface area contributed by atoms with Crippen molar-refractivity contribution >= 4 is 57.5 Å². The molecular weight excluding hydrogens is 111 g/mol. The molecule has 0 aliphatic heterocycles. The first-order valence-electron chi connectivity index (χ1n) is 1.04. The molecule has 0 atom stereocenters. The number of methoxy groups -OCH3 is 1. The molecule has 0 bridgehead atoms. The van der Waals surface area contributed by atoms with Crippen LogP contribution in [0.4, 0.5) is 4.79 Å². The zero-order valence-electron chi connectivity index (χ0n) is 3.76. The van der Waals surface area contributed by atoms with Gasteiger partial charge in [-0.3, -0.25) is 0 Å². The van der Waals surface area contributed by atoms with Gasteiger partial charge in [0.15, 0.2) is 0 Å². The smallest absolute Gasteiger partial charge is 0.450 e. The molecule has 0 spiro atoms. The predicted molar refractivity (Wildman–Crippen MR) is 20.8 cm³/mol. The Balaban J connectivity index is 0. The molecule has 0 aromatic heterocycles. The van der Waals surface area contributed by atoms with E-state index in [2.05, 4.69) is 4.74 Å². The van der Waals surface area contributed by atoms with Gasteiger partial charge in [-0.05, 0) is 0 Å². The van der Waals surface area contributed by atoms with E-state index in [1.165, 1.54) is 0 Å². The van der Waals surface area contributed by atoms with Crippen molar-refractivity contribution in [3.63, 3.8) is 0 Å². The third kappa shape index (κ3) is 8.86. The van der Waals surface area contributed by atoms with Gasteiger partial charge in [-0.15, -0.1) is 0 Å². The molecule has 0 fully saturated rings. The average Bonchev–Trinajstić information content (AvgIpc) is 1.38. The van der Waals surface area contributed by atoms with Gasteiger partial charge in [-0.25, -0.2) is 4.79 Å². The number of rotatable bonds is 0. The maximum absolute atomic E-state index is 9.15. The molecule has 0 aliphatic carbocycles. The Morgan fingerprint density at radius 1 is 1.83 bits per heavy atom. The van der Waals surface area contributed by atoms with Crippen molar-refractivity contribution in [2.45, 2.75) is 0 Å². The van der Waals surface area contributed by atoms with E-state index in [1.807, 2.05) is 0 Å². The molecule has 0 aromatic carbocycles. The summed E-state index contributed by atoms with van der Waals surface area (Å²) in [4.78, 5) is 9.15. The quantitative estimate of drug-likeness (QED) is 0.355. The first-order chi connectivity index (χ1) is 2.27. The zero-order chi connectivity index (χ0) is 4.28. The monoisotopic (exact) mass is 115 g/mol. The van der Waals surface area contributed by atoms with Gasteiger partial charge in [0.1, 0.15) is 0 Å². The molecule has 6 heavy (non-hydrogen) atoms. The van der Waals surface area contributed by atoms with Crippen LogP contribution in [0.3, 0.4) is 0 Å². The molecule has 1 N–H and O–H groups in total. The molecule has 0 aromatic rings. The molecule has 31 valence electrons. The maximum atomic E-state index is 9.15. The predicted octanol–water partition coefficient (Wildman–Crippen LogP) is -0.0700. The second-order valence-corrected chi connectivity index (χ2v) is 0.470. The van der Waals surface area contributed by atoms with Crippen molar-refractivity contribution in [1.29, 1.82) is 0 Å². The second kappa shape index (κ2) is 5.91. The van der Waals surface area contributed by atoms with Gasteiger partial charge in [0.05, 0.1) is 7.11 Å². The number of carbonyl (C=O) groups is 1. The van der Waals surface area contributed by atoms with Crippen molar-refractivity contribution in [1.82, 2.24) is 0 Å². The van der Waals surface area contributed by atoms with Crippen LogP contribution in [-0.2, 0) is 4.74 Å². The van der Waals surface area contributed by atoms with Crippen molar-refractivity contribution in [2.75, 3.05) is 7.11 Å². The van der Waals surface area contributed by atoms with Gasteiger partial charge in [0.25, 0.3) is 0 Å². The van der Waals surface area contributed by atoms with Crippen molar-refractivity contribution in [2.24, 2.45) is 0 Å². The fourth-order valence-corrected chi connectivity index (χ4v) is 0. The molecule has 4 heteroatoms. The summed E-state index contributed by atoms with van der Waals surface area (Å²) in [6.07, 6.45) is -1.25. The molecular formula is C2H4KO3. The zero-order valence-corrected chi connectivity index (χ0v) is 6.89. The average molecular weight is 115 g/mol. The first-order valence-corrected chi connectivity index (χ1v) is 1.04. The van der Waals surface area contributed by atoms with E-state index in [0.717, 1.165) is 7.11 Å². The van der Waals surface area contributed by atoms with Gasteiger partial charge in [-0.2, -0.15) is 0 Å². The van der Waals surface area contributed by atoms with Gasteiger partial charge >= 0.3 is 6.16 Å². The minimum absolute atomic E-state index is 0. The van der Waals surface area contributed by atoms with Crippen LogP contribution < -0.4 is 0 Å². The molecule has 0 aliphatic rings. The van der Waals surface area contributed by atoms with Gasteiger partial charge in [0.2, 0.25) is 0 Å². The van der Waals surface area contributed by atoms with Crippen molar-refractivity contribution in [3.8, 4) is 0 Å². The Morgan fingerprint density at radius 3 is 2.00 bits per heavy atom. The molecule has 0 saturated carbocycles. The van der Waals surface area contributed by atoms with Crippen LogP contribution in [-0.4, -0.2) is 69.8 Å². The Bertz CT molecular complexity index is 44.1. The number of ether oxygens (including phenoxy) is 1. The molecule has 1 radical (unpaired) electrons. The fraction of sp³-hybridized carbons (Fsp3) is 0.500. The van der Waals surface area contributed by atoms with E-state index in [4.69, 9.17) is 9.90 Å². The first kappa shape index (κ1) is 10.0. The van der Waals surface area contributed by atoms with E-state index in [0.29, 0.717) is 0 Å². The standard InChI is InChI=1S/C2H4O3.K/c1-5-2(3)4;/h1H3,(H,3,4);. The largest absolute Gasteiger partial charge is 0.505 e. The summed E-state index contributed by atoms with van der Waals surface area (Å²) in [6, 6.07) is 0. The number of carboxylic acid groups (broad SMARTS) is 1.